The maximum absolute atomic E-state index is 12.0. The molecule has 1 atom stereocenters. The summed E-state index contributed by atoms with van der Waals surface area (Å²) in [7, 11) is 1.33. The van der Waals surface area contributed by atoms with E-state index in [-0.39, 0.29) is 0 Å². The van der Waals surface area contributed by atoms with Crippen molar-refractivity contribution in [3.8, 4) is 5.75 Å². The third-order valence-corrected chi connectivity index (χ3v) is 3.29. The summed E-state index contributed by atoms with van der Waals surface area (Å²) in [5, 5.41) is 0.469. The van der Waals surface area contributed by atoms with Gasteiger partial charge in [0.2, 0.25) is 6.10 Å². The van der Waals surface area contributed by atoms with E-state index < -0.39 is 12.1 Å². The zero-order valence-electron chi connectivity index (χ0n) is 11.3. The molecule has 0 aliphatic rings. The van der Waals surface area contributed by atoms with Crippen molar-refractivity contribution in [2.24, 2.45) is 0 Å². The molecule has 104 valence electrons. The molecule has 0 heterocycles. The summed E-state index contributed by atoms with van der Waals surface area (Å²) in [4.78, 5) is 12.0. The Morgan fingerprint density at radius 1 is 1.10 bits per heavy atom. The number of carbonyl (C=O) groups excluding carboxylic acids is 1. The van der Waals surface area contributed by atoms with E-state index in [1.807, 2.05) is 31.2 Å². The second kappa shape index (κ2) is 6.44. The molecule has 0 aliphatic heterocycles. The van der Waals surface area contributed by atoms with Crippen LogP contribution in [0, 0.1) is 6.92 Å². The summed E-state index contributed by atoms with van der Waals surface area (Å²) in [6, 6.07) is 14.6. The van der Waals surface area contributed by atoms with Crippen molar-refractivity contribution in [3.63, 3.8) is 0 Å². The first-order chi connectivity index (χ1) is 9.63. The van der Waals surface area contributed by atoms with E-state index >= 15 is 0 Å². The largest absolute Gasteiger partial charge is 0.474 e. The van der Waals surface area contributed by atoms with Gasteiger partial charge in [-0.15, -0.1) is 0 Å². The van der Waals surface area contributed by atoms with Gasteiger partial charge in [0, 0.05) is 10.6 Å². The average molecular weight is 291 g/mol. The number of esters is 1. The molecular weight excluding hydrogens is 276 g/mol. The highest BCUT2D eigenvalue weighted by molar-refractivity contribution is 6.31. The molecule has 0 saturated heterocycles. The van der Waals surface area contributed by atoms with E-state index in [2.05, 4.69) is 0 Å². The van der Waals surface area contributed by atoms with Crippen LogP contribution in [0.25, 0.3) is 0 Å². The maximum Gasteiger partial charge on any atom is 0.351 e. The Kier molecular flexibility index (Phi) is 4.64. The molecule has 20 heavy (non-hydrogen) atoms. The number of carbonyl (C=O) groups is 1. The van der Waals surface area contributed by atoms with E-state index in [0.29, 0.717) is 16.3 Å². The molecule has 3 nitrogen and oxygen atoms in total. The first kappa shape index (κ1) is 14.4. The van der Waals surface area contributed by atoms with E-state index in [1.165, 1.54) is 7.11 Å². The highest BCUT2D eigenvalue weighted by atomic mass is 35.5. The second-order valence-corrected chi connectivity index (χ2v) is 4.72. The van der Waals surface area contributed by atoms with E-state index in [4.69, 9.17) is 21.1 Å². The Balaban J connectivity index is 2.37. The van der Waals surface area contributed by atoms with Crippen LogP contribution in [0.3, 0.4) is 0 Å². The minimum atomic E-state index is -0.880. The Bertz CT molecular complexity index is 610. The SMILES string of the molecule is COC(=O)C(Oc1ccccc1C)c1ccccc1Cl. The number of hydrogen-bond donors (Lipinski definition) is 0. The maximum atomic E-state index is 12.0. The Hall–Kier alpha value is -2.00. The van der Waals surface area contributed by atoms with Gasteiger partial charge in [-0.2, -0.15) is 0 Å². The molecular formula is C16H15ClO3. The van der Waals surface area contributed by atoms with Crippen molar-refractivity contribution < 1.29 is 14.3 Å². The van der Waals surface area contributed by atoms with Gasteiger partial charge >= 0.3 is 5.97 Å². The summed E-state index contributed by atoms with van der Waals surface area (Å²) in [6.07, 6.45) is -0.880. The van der Waals surface area contributed by atoms with Crippen molar-refractivity contribution in [1.82, 2.24) is 0 Å². The monoisotopic (exact) mass is 290 g/mol. The van der Waals surface area contributed by atoms with Crippen LogP contribution in [-0.4, -0.2) is 13.1 Å². The number of para-hydroxylation sites is 1. The molecule has 0 N–H and O–H groups in total. The molecule has 0 saturated carbocycles. The lowest BCUT2D eigenvalue weighted by atomic mass is 10.1. The predicted octanol–water partition coefficient (Wildman–Crippen LogP) is 3.94. The molecule has 2 rings (SSSR count). The van der Waals surface area contributed by atoms with Gasteiger partial charge in [-0.25, -0.2) is 4.79 Å². The molecule has 4 heteroatoms. The van der Waals surface area contributed by atoms with Crippen LogP contribution in [0.5, 0.6) is 5.75 Å². The van der Waals surface area contributed by atoms with Gasteiger partial charge in [0.15, 0.2) is 0 Å². The van der Waals surface area contributed by atoms with Gasteiger partial charge in [0.25, 0.3) is 0 Å². The molecule has 2 aromatic carbocycles. The molecule has 2 aromatic rings. The van der Waals surface area contributed by atoms with Crippen molar-refractivity contribution >= 4 is 17.6 Å². The van der Waals surface area contributed by atoms with Crippen LogP contribution in [0.2, 0.25) is 5.02 Å². The quantitative estimate of drug-likeness (QED) is 0.800. The third-order valence-electron chi connectivity index (χ3n) is 2.94. The van der Waals surface area contributed by atoms with Crippen LogP contribution >= 0.6 is 11.6 Å². The number of aryl methyl sites for hydroxylation is 1. The summed E-state index contributed by atoms with van der Waals surface area (Å²) >= 11 is 6.14. The molecule has 0 aromatic heterocycles. The van der Waals surface area contributed by atoms with Crippen molar-refractivity contribution in [2.75, 3.05) is 7.11 Å². The first-order valence-electron chi connectivity index (χ1n) is 6.18. The van der Waals surface area contributed by atoms with Crippen LogP contribution in [-0.2, 0) is 9.53 Å². The van der Waals surface area contributed by atoms with Crippen molar-refractivity contribution in [1.29, 1.82) is 0 Å². The van der Waals surface area contributed by atoms with Crippen LogP contribution < -0.4 is 4.74 Å². The van der Waals surface area contributed by atoms with Crippen molar-refractivity contribution in [2.45, 2.75) is 13.0 Å². The highest BCUT2D eigenvalue weighted by Gasteiger charge is 2.26. The molecule has 1 unspecified atom stereocenters. The molecule has 0 fully saturated rings. The van der Waals surface area contributed by atoms with E-state index in [0.717, 1.165) is 5.56 Å². The Morgan fingerprint density at radius 2 is 1.75 bits per heavy atom. The van der Waals surface area contributed by atoms with Crippen LogP contribution in [0.15, 0.2) is 48.5 Å². The summed E-state index contributed by atoms with van der Waals surface area (Å²) in [5.74, 6) is 0.143. The zero-order valence-corrected chi connectivity index (χ0v) is 12.1. The van der Waals surface area contributed by atoms with Gasteiger partial charge in [0.1, 0.15) is 5.75 Å². The third kappa shape index (κ3) is 3.11. The fourth-order valence-corrected chi connectivity index (χ4v) is 2.08. The number of hydrogen-bond acceptors (Lipinski definition) is 3. The van der Waals surface area contributed by atoms with Crippen LogP contribution in [0.1, 0.15) is 17.2 Å². The van der Waals surface area contributed by atoms with Gasteiger partial charge in [-0.3, -0.25) is 0 Å². The van der Waals surface area contributed by atoms with Gasteiger partial charge in [-0.05, 0) is 24.6 Å². The van der Waals surface area contributed by atoms with Crippen LogP contribution in [0.4, 0.5) is 0 Å². The number of rotatable bonds is 4. The number of benzene rings is 2. The molecule has 0 bridgehead atoms. The molecule has 0 spiro atoms. The molecule has 0 amide bonds. The smallest absolute Gasteiger partial charge is 0.351 e. The first-order valence-corrected chi connectivity index (χ1v) is 6.56. The lowest BCUT2D eigenvalue weighted by molar-refractivity contribution is -0.149. The standard InChI is InChI=1S/C16H15ClO3/c1-11-7-3-6-10-14(11)20-15(16(18)19-2)12-8-4-5-9-13(12)17/h3-10,15H,1-2H3. The fraction of sp³-hybridized carbons (Fsp3) is 0.188. The molecule has 0 radical (unpaired) electrons. The Labute approximate surface area is 123 Å². The minimum absolute atomic E-state index is 0.469. The number of halogens is 1. The van der Waals surface area contributed by atoms with Gasteiger partial charge in [0.05, 0.1) is 7.11 Å². The minimum Gasteiger partial charge on any atom is -0.474 e. The average Bonchev–Trinajstić information content (AvgIpc) is 2.47. The summed E-state index contributed by atoms with van der Waals surface area (Å²) < 4.78 is 10.6. The number of methoxy groups -OCH3 is 1. The lowest BCUT2D eigenvalue weighted by Crippen LogP contribution is -2.21. The summed E-state index contributed by atoms with van der Waals surface area (Å²) in [5.41, 5.74) is 1.53. The number of ether oxygens (including phenoxy) is 2. The second-order valence-electron chi connectivity index (χ2n) is 4.31. The van der Waals surface area contributed by atoms with E-state index in [9.17, 15) is 4.79 Å². The van der Waals surface area contributed by atoms with Gasteiger partial charge in [-0.1, -0.05) is 48.0 Å². The predicted molar refractivity (Wildman–Crippen MR) is 78.0 cm³/mol. The van der Waals surface area contributed by atoms with Crippen molar-refractivity contribution in [3.05, 3.63) is 64.7 Å². The highest BCUT2D eigenvalue weighted by Crippen LogP contribution is 2.29. The fourth-order valence-electron chi connectivity index (χ4n) is 1.85. The van der Waals surface area contributed by atoms with Gasteiger partial charge < -0.3 is 9.47 Å². The normalized spacial score (nSPS) is 11.8. The lowest BCUT2D eigenvalue weighted by Gasteiger charge is -2.19. The molecule has 0 aliphatic carbocycles. The summed E-state index contributed by atoms with van der Waals surface area (Å²) in [6.45, 7) is 1.91. The Morgan fingerprint density at radius 3 is 2.40 bits per heavy atom. The zero-order chi connectivity index (χ0) is 14.5. The van der Waals surface area contributed by atoms with E-state index in [1.54, 1.807) is 24.3 Å². The topological polar surface area (TPSA) is 35.5 Å².